The second kappa shape index (κ2) is 5.26. The van der Waals surface area contributed by atoms with E-state index >= 15 is 0 Å². The number of thiophene rings is 1. The van der Waals surface area contributed by atoms with Crippen LogP contribution < -0.4 is 11.5 Å². The van der Waals surface area contributed by atoms with Gasteiger partial charge in [0.25, 0.3) is 0 Å². The quantitative estimate of drug-likeness (QED) is 0.695. The number of fused-ring (bicyclic) bond motifs is 1. The number of esters is 1. The maximum absolute atomic E-state index is 11.6. The van der Waals surface area contributed by atoms with Crippen molar-refractivity contribution in [2.24, 2.45) is 0 Å². The monoisotopic (exact) mass is 318 g/mol. The summed E-state index contributed by atoms with van der Waals surface area (Å²) in [6.07, 6.45) is 1.63. The van der Waals surface area contributed by atoms with E-state index in [1.807, 2.05) is 17.6 Å². The van der Waals surface area contributed by atoms with Crippen LogP contribution in [0.4, 0.5) is 11.8 Å². The van der Waals surface area contributed by atoms with Gasteiger partial charge in [0.2, 0.25) is 5.95 Å². The Hall–Kier alpha value is -2.68. The summed E-state index contributed by atoms with van der Waals surface area (Å²) >= 11 is 1.39. The molecule has 0 aliphatic heterocycles. The van der Waals surface area contributed by atoms with E-state index in [2.05, 4.69) is 15.0 Å². The first-order chi connectivity index (χ1) is 10.5. The average molecular weight is 318 g/mol. The summed E-state index contributed by atoms with van der Waals surface area (Å²) < 4.78 is 6.56. The number of rotatable bonds is 3. The van der Waals surface area contributed by atoms with Crippen molar-refractivity contribution in [1.82, 2.24) is 19.5 Å². The molecule has 0 aliphatic carbocycles. The predicted molar refractivity (Wildman–Crippen MR) is 83.6 cm³/mol. The molecular formula is C13H14N6O2S. The third kappa shape index (κ3) is 2.35. The molecule has 0 unspecified atom stereocenters. The molecule has 0 spiro atoms. The van der Waals surface area contributed by atoms with Crippen molar-refractivity contribution in [1.29, 1.82) is 0 Å². The smallest absolute Gasteiger partial charge is 0.348 e. The maximum Gasteiger partial charge on any atom is 0.348 e. The zero-order valence-electron chi connectivity index (χ0n) is 12.0. The third-order valence-electron chi connectivity index (χ3n) is 3.26. The van der Waals surface area contributed by atoms with Crippen molar-refractivity contribution in [3.8, 4) is 0 Å². The molecule has 0 fully saturated rings. The van der Waals surface area contributed by atoms with Gasteiger partial charge in [-0.2, -0.15) is 9.97 Å². The number of carbonyl (C=O) groups is 1. The molecule has 0 atom stereocenters. The Kier molecular flexibility index (Phi) is 3.41. The number of ether oxygens (including phenoxy) is 1. The Morgan fingerprint density at radius 3 is 2.91 bits per heavy atom. The number of nitrogens with two attached hydrogens (primary N) is 2. The summed E-state index contributed by atoms with van der Waals surface area (Å²) in [6, 6.07) is 1.81. The minimum absolute atomic E-state index is 0.101. The molecule has 0 radical (unpaired) electrons. The van der Waals surface area contributed by atoms with E-state index in [-0.39, 0.29) is 17.7 Å². The number of aromatic nitrogens is 4. The number of methoxy groups -OCH3 is 1. The number of imidazole rings is 1. The van der Waals surface area contributed by atoms with E-state index in [1.54, 1.807) is 6.33 Å². The maximum atomic E-state index is 11.6. The summed E-state index contributed by atoms with van der Waals surface area (Å²) in [5, 5.41) is 0. The van der Waals surface area contributed by atoms with E-state index in [0.29, 0.717) is 22.6 Å². The van der Waals surface area contributed by atoms with Gasteiger partial charge in [-0.25, -0.2) is 9.78 Å². The molecule has 3 rings (SSSR count). The van der Waals surface area contributed by atoms with Crippen molar-refractivity contribution in [2.75, 3.05) is 18.6 Å². The van der Waals surface area contributed by atoms with Gasteiger partial charge in [0.05, 0.1) is 20.0 Å². The van der Waals surface area contributed by atoms with Crippen LogP contribution in [0.5, 0.6) is 0 Å². The van der Waals surface area contributed by atoms with Crippen molar-refractivity contribution >= 4 is 40.2 Å². The Labute approximate surface area is 129 Å². The Bertz CT molecular complexity index is 869. The fourth-order valence-electron chi connectivity index (χ4n) is 2.16. The van der Waals surface area contributed by atoms with Gasteiger partial charge in [0.15, 0.2) is 11.5 Å². The lowest BCUT2D eigenvalue weighted by Crippen LogP contribution is -2.04. The molecule has 0 saturated heterocycles. The lowest BCUT2D eigenvalue weighted by molar-refractivity contribution is 0.0606. The van der Waals surface area contributed by atoms with Crippen LogP contribution in [-0.2, 0) is 11.3 Å². The van der Waals surface area contributed by atoms with Crippen LogP contribution in [0.3, 0.4) is 0 Å². The highest BCUT2D eigenvalue weighted by molar-refractivity contribution is 7.14. The molecule has 8 nitrogen and oxygen atoms in total. The summed E-state index contributed by atoms with van der Waals surface area (Å²) in [6.45, 7) is 2.45. The Morgan fingerprint density at radius 1 is 1.41 bits per heavy atom. The highest BCUT2D eigenvalue weighted by Gasteiger charge is 2.15. The summed E-state index contributed by atoms with van der Waals surface area (Å²) in [5.74, 6) is 0.00762. The number of aryl methyl sites for hydroxylation is 1. The zero-order chi connectivity index (χ0) is 15.9. The zero-order valence-corrected chi connectivity index (χ0v) is 12.8. The third-order valence-corrected chi connectivity index (χ3v) is 4.33. The van der Waals surface area contributed by atoms with E-state index in [4.69, 9.17) is 16.2 Å². The molecule has 114 valence electrons. The van der Waals surface area contributed by atoms with Crippen LogP contribution >= 0.6 is 11.3 Å². The number of nitrogen functional groups attached to an aromatic ring is 2. The largest absolute Gasteiger partial charge is 0.465 e. The van der Waals surface area contributed by atoms with Gasteiger partial charge >= 0.3 is 5.97 Å². The molecule has 0 amide bonds. The van der Waals surface area contributed by atoms with Crippen LogP contribution in [-0.4, -0.2) is 32.6 Å². The normalized spacial score (nSPS) is 11.0. The highest BCUT2D eigenvalue weighted by Crippen LogP contribution is 2.25. The minimum atomic E-state index is -0.342. The fourth-order valence-corrected chi connectivity index (χ4v) is 3.11. The molecule has 9 heteroatoms. The van der Waals surface area contributed by atoms with Gasteiger partial charge < -0.3 is 20.8 Å². The summed E-state index contributed by atoms with van der Waals surface area (Å²) in [5.41, 5.74) is 13.5. The van der Waals surface area contributed by atoms with Crippen molar-refractivity contribution in [2.45, 2.75) is 13.5 Å². The first-order valence-corrected chi connectivity index (χ1v) is 7.22. The van der Waals surface area contributed by atoms with Gasteiger partial charge in [-0.1, -0.05) is 0 Å². The van der Waals surface area contributed by atoms with Gasteiger partial charge in [-0.3, -0.25) is 0 Å². The van der Waals surface area contributed by atoms with Gasteiger partial charge in [0, 0.05) is 4.88 Å². The topological polar surface area (TPSA) is 122 Å². The number of nitrogens with zero attached hydrogens (tertiary/aromatic N) is 4. The van der Waals surface area contributed by atoms with E-state index in [1.165, 1.54) is 18.4 Å². The SMILES string of the molecule is COC(=O)c1cc(Cn2cnc3c(N)nc(N)nc32)c(C)s1. The molecule has 3 aromatic rings. The van der Waals surface area contributed by atoms with Crippen molar-refractivity contribution in [3.63, 3.8) is 0 Å². The summed E-state index contributed by atoms with van der Waals surface area (Å²) in [7, 11) is 1.36. The van der Waals surface area contributed by atoms with Gasteiger partial charge in [-0.15, -0.1) is 11.3 Å². The second-order valence-corrected chi connectivity index (χ2v) is 5.95. The van der Waals surface area contributed by atoms with Gasteiger partial charge in [-0.05, 0) is 18.6 Å². The molecule has 0 saturated carbocycles. The number of hydrogen-bond acceptors (Lipinski definition) is 8. The molecule has 4 N–H and O–H groups in total. The second-order valence-electron chi connectivity index (χ2n) is 4.70. The predicted octanol–water partition coefficient (Wildman–Crippen LogP) is 1.20. The minimum Gasteiger partial charge on any atom is -0.465 e. The van der Waals surface area contributed by atoms with Crippen LogP contribution in [0.2, 0.25) is 0 Å². The van der Waals surface area contributed by atoms with Gasteiger partial charge in [0.1, 0.15) is 10.4 Å². The Morgan fingerprint density at radius 2 is 2.18 bits per heavy atom. The number of carbonyl (C=O) groups excluding carboxylic acids is 1. The average Bonchev–Trinajstić information content (AvgIpc) is 3.04. The van der Waals surface area contributed by atoms with Crippen LogP contribution in [0.25, 0.3) is 11.2 Å². The fraction of sp³-hybridized carbons (Fsp3) is 0.231. The lowest BCUT2D eigenvalue weighted by atomic mass is 10.2. The summed E-state index contributed by atoms with van der Waals surface area (Å²) in [4.78, 5) is 25.5. The molecule has 22 heavy (non-hydrogen) atoms. The first kappa shape index (κ1) is 14.3. The van der Waals surface area contributed by atoms with Crippen molar-refractivity contribution in [3.05, 3.63) is 27.7 Å². The van der Waals surface area contributed by atoms with E-state index in [9.17, 15) is 4.79 Å². The molecule has 0 aromatic carbocycles. The number of hydrogen-bond donors (Lipinski definition) is 2. The first-order valence-electron chi connectivity index (χ1n) is 6.41. The molecule has 3 heterocycles. The number of anilines is 2. The van der Waals surface area contributed by atoms with E-state index < -0.39 is 0 Å². The molecule has 0 bridgehead atoms. The van der Waals surface area contributed by atoms with Crippen LogP contribution in [0.1, 0.15) is 20.1 Å². The molecule has 3 aromatic heterocycles. The molecular weight excluding hydrogens is 304 g/mol. The Balaban J connectivity index is 2.00. The van der Waals surface area contributed by atoms with Crippen molar-refractivity contribution < 1.29 is 9.53 Å². The van der Waals surface area contributed by atoms with Crippen LogP contribution in [0.15, 0.2) is 12.4 Å². The van der Waals surface area contributed by atoms with E-state index in [0.717, 1.165) is 10.4 Å². The molecule has 0 aliphatic rings. The van der Waals surface area contributed by atoms with Crippen LogP contribution in [0, 0.1) is 6.92 Å². The highest BCUT2D eigenvalue weighted by atomic mass is 32.1. The lowest BCUT2D eigenvalue weighted by Gasteiger charge is -2.04. The standard InChI is InChI=1S/C13H14N6O2S/c1-6-7(3-8(22-6)12(20)21-2)4-19-5-16-9-10(14)17-13(15)18-11(9)19/h3,5H,4H2,1-2H3,(H4,14,15,17,18).